The molecule has 30 heavy (non-hydrogen) atoms. The monoisotopic (exact) mass is 410 g/mol. The van der Waals surface area contributed by atoms with Gasteiger partial charge in [-0.1, -0.05) is 44.2 Å². The topological polar surface area (TPSA) is 61.6 Å². The SMILES string of the molecule is CC(C)Cc1ccc(-c2csc(/C(C#N)=C/Nc3ccc4ncccc4c3)n2)cc1. The molecule has 0 aliphatic rings. The van der Waals surface area contributed by atoms with Crippen LogP contribution in [0.25, 0.3) is 27.7 Å². The van der Waals surface area contributed by atoms with Gasteiger partial charge in [0.1, 0.15) is 16.6 Å². The van der Waals surface area contributed by atoms with Crippen LogP contribution >= 0.6 is 11.3 Å². The maximum atomic E-state index is 9.63. The molecule has 0 saturated carbocycles. The molecule has 0 radical (unpaired) electrons. The Balaban J connectivity index is 1.52. The summed E-state index contributed by atoms with van der Waals surface area (Å²) in [6.45, 7) is 4.44. The molecule has 0 unspecified atom stereocenters. The summed E-state index contributed by atoms with van der Waals surface area (Å²) < 4.78 is 0. The quantitative estimate of drug-likeness (QED) is 0.367. The molecule has 0 aliphatic heterocycles. The Kier molecular flexibility index (Phi) is 5.87. The normalized spacial score (nSPS) is 11.6. The van der Waals surface area contributed by atoms with Gasteiger partial charge in [-0.25, -0.2) is 4.98 Å². The largest absolute Gasteiger partial charge is 0.360 e. The maximum absolute atomic E-state index is 9.63. The van der Waals surface area contributed by atoms with Crippen LogP contribution in [0.2, 0.25) is 0 Å². The molecule has 0 amide bonds. The summed E-state index contributed by atoms with van der Waals surface area (Å²) in [7, 11) is 0. The number of pyridine rings is 1. The van der Waals surface area contributed by atoms with Crippen LogP contribution in [0, 0.1) is 17.2 Å². The molecule has 0 atom stereocenters. The van der Waals surface area contributed by atoms with Gasteiger partial charge in [0, 0.05) is 34.4 Å². The van der Waals surface area contributed by atoms with Crippen LogP contribution in [0.4, 0.5) is 5.69 Å². The van der Waals surface area contributed by atoms with E-state index in [0.717, 1.165) is 34.3 Å². The highest BCUT2D eigenvalue weighted by molar-refractivity contribution is 7.11. The summed E-state index contributed by atoms with van der Waals surface area (Å²) in [6, 6.07) is 20.6. The van der Waals surface area contributed by atoms with Gasteiger partial charge in [-0.3, -0.25) is 4.98 Å². The van der Waals surface area contributed by atoms with Gasteiger partial charge in [-0.15, -0.1) is 11.3 Å². The number of thiazole rings is 1. The smallest absolute Gasteiger partial charge is 0.136 e. The Labute approximate surface area is 180 Å². The van der Waals surface area contributed by atoms with Gasteiger partial charge >= 0.3 is 0 Å². The molecule has 0 saturated heterocycles. The second kappa shape index (κ2) is 8.89. The number of nitrogens with zero attached hydrogens (tertiary/aromatic N) is 3. The summed E-state index contributed by atoms with van der Waals surface area (Å²) in [5.41, 5.74) is 5.64. The van der Waals surface area contributed by atoms with E-state index in [2.05, 4.69) is 59.5 Å². The lowest BCUT2D eigenvalue weighted by Crippen LogP contribution is -1.93. The average molecular weight is 411 g/mol. The summed E-state index contributed by atoms with van der Waals surface area (Å²) in [5, 5.41) is 16.6. The molecule has 148 valence electrons. The summed E-state index contributed by atoms with van der Waals surface area (Å²) >= 11 is 1.48. The summed E-state index contributed by atoms with van der Waals surface area (Å²) in [5.74, 6) is 0.636. The molecule has 4 nitrogen and oxygen atoms in total. The predicted molar refractivity (Wildman–Crippen MR) is 125 cm³/mol. The van der Waals surface area contributed by atoms with Crippen molar-refractivity contribution in [3.63, 3.8) is 0 Å². The zero-order chi connectivity index (χ0) is 20.9. The highest BCUT2D eigenvalue weighted by Crippen LogP contribution is 2.27. The maximum Gasteiger partial charge on any atom is 0.136 e. The van der Waals surface area contributed by atoms with E-state index in [1.54, 1.807) is 12.4 Å². The molecule has 0 bridgehead atoms. The third-order valence-electron chi connectivity index (χ3n) is 4.73. The fourth-order valence-electron chi connectivity index (χ4n) is 3.28. The summed E-state index contributed by atoms with van der Waals surface area (Å²) in [4.78, 5) is 9.01. The number of benzene rings is 2. The number of aromatic nitrogens is 2. The molecular weight excluding hydrogens is 388 g/mol. The van der Waals surface area contributed by atoms with Crippen molar-refractivity contribution in [3.8, 4) is 17.3 Å². The molecule has 2 aromatic carbocycles. The fraction of sp³-hybridized carbons (Fsp3) is 0.160. The van der Waals surface area contributed by atoms with E-state index < -0.39 is 0 Å². The Morgan fingerprint density at radius 2 is 2.00 bits per heavy atom. The molecule has 2 aromatic heterocycles. The highest BCUT2D eigenvalue weighted by atomic mass is 32.1. The van der Waals surface area contributed by atoms with Gasteiger partial charge < -0.3 is 5.32 Å². The van der Waals surface area contributed by atoms with E-state index in [9.17, 15) is 5.26 Å². The van der Waals surface area contributed by atoms with Gasteiger partial charge in [-0.2, -0.15) is 5.26 Å². The molecule has 0 spiro atoms. The summed E-state index contributed by atoms with van der Waals surface area (Å²) in [6.07, 6.45) is 4.56. The van der Waals surface area contributed by atoms with Crippen molar-refractivity contribution in [1.82, 2.24) is 9.97 Å². The third-order valence-corrected chi connectivity index (χ3v) is 5.61. The number of allylic oxidation sites excluding steroid dienone is 1. The van der Waals surface area contributed by atoms with Crippen molar-refractivity contribution in [2.24, 2.45) is 5.92 Å². The van der Waals surface area contributed by atoms with Crippen LogP contribution in [-0.4, -0.2) is 9.97 Å². The van der Waals surface area contributed by atoms with Gasteiger partial charge in [0.2, 0.25) is 0 Å². The van der Waals surface area contributed by atoms with Crippen molar-refractivity contribution in [3.05, 3.63) is 82.9 Å². The van der Waals surface area contributed by atoms with Crippen LogP contribution < -0.4 is 5.32 Å². The van der Waals surface area contributed by atoms with Crippen LogP contribution in [0.3, 0.4) is 0 Å². The number of hydrogen-bond donors (Lipinski definition) is 1. The number of rotatable bonds is 6. The lowest BCUT2D eigenvalue weighted by molar-refractivity contribution is 0.647. The first-order valence-corrected chi connectivity index (χ1v) is 10.8. The fourth-order valence-corrected chi connectivity index (χ4v) is 4.07. The van der Waals surface area contributed by atoms with Crippen molar-refractivity contribution in [2.45, 2.75) is 20.3 Å². The molecule has 4 aromatic rings. The zero-order valence-corrected chi connectivity index (χ0v) is 17.8. The minimum absolute atomic E-state index is 0.508. The first-order valence-electron chi connectivity index (χ1n) is 9.89. The first kappa shape index (κ1) is 19.8. The zero-order valence-electron chi connectivity index (χ0n) is 17.0. The minimum Gasteiger partial charge on any atom is -0.360 e. The van der Waals surface area contributed by atoms with E-state index in [0.29, 0.717) is 16.5 Å². The Morgan fingerprint density at radius 1 is 1.17 bits per heavy atom. The molecule has 4 rings (SSSR count). The van der Waals surface area contributed by atoms with Crippen LogP contribution in [0.1, 0.15) is 24.4 Å². The van der Waals surface area contributed by atoms with Crippen LogP contribution in [-0.2, 0) is 6.42 Å². The number of hydrogen-bond acceptors (Lipinski definition) is 5. The van der Waals surface area contributed by atoms with Gasteiger partial charge in [0.15, 0.2) is 0 Å². The van der Waals surface area contributed by atoms with Gasteiger partial charge in [-0.05, 0) is 42.2 Å². The first-order chi connectivity index (χ1) is 14.6. The van der Waals surface area contributed by atoms with E-state index in [1.165, 1.54) is 16.9 Å². The van der Waals surface area contributed by atoms with E-state index in [-0.39, 0.29) is 0 Å². The second-order valence-corrected chi connectivity index (χ2v) is 8.42. The highest BCUT2D eigenvalue weighted by Gasteiger charge is 2.09. The van der Waals surface area contributed by atoms with Crippen LogP contribution in [0.15, 0.2) is 72.4 Å². The molecule has 1 N–H and O–H groups in total. The molecule has 0 aliphatic carbocycles. The Morgan fingerprint density at radius 3 is 2.77 bits per heavy atom. The molecular formula is C25H22N4S. The van der Waals surface area contributed by atoms with E-state index >= 15 is 0 Å². The van der Waals surface area contributed by atoms with Gasteiger partial charge in [0.25, 0.3) is 0 Å². The van der Waals surface area contributed by atoms with Crippen molar-refractivity contribution < 1.29 is 0 Å². The number of fused-ring (bicyclic) bond motifs is 1. The minimum atomic E-state index is 0.508. The molecule has 5 heteroatoms. The second-order valence-electron chi connectivity index (χ2n) is 7.56. The van der Waals surface area contributed by atoms with E-state index in [1.807, 2.05) is 35.7 Å². The van der Waals surface area contributed by atoms with Crippen LogP contribution in [0.5, 0.6) is 0 Å². The average Bonchev–Trinajstić information content (AvgIpc) is 3.24. The third kappa shape index (κ3) is 4.56. The van der Waals surface area contributed by atoms with Crippen molar-refractivity contribution in [2.75, 3.05) is 5.32 Å². The Bertz CT molecular complexity index is 1230. The lowest BCUT2D eigenvalue weighted by Gasteiger charge is -2.05. The van der Waals surface area contributed by atoms with Gasteiger partial charge in [0.05, 0.1) is 11.2 Å². The lowest BCUT2D eigenvalue weighted by atomic mass is 10.0. The number of nitrogens with one attached hydrogen (secondary N) is 1. The van der Waals surface area contributed by atoms with Crippen molar-refractivity contribution >= 4 is 33.5 Å². The molecule has 0 fully saturated rings. The number of nitriles is 1. The van der Waals surface area contributed by atoms with E-state index in [4.69, 9.17) is 0 Å². The standard InChI is InChI=1S/C25H22N4S/c1-17(2)12-18-5-7-19(8-6-18)24-16-30-25(29-24)21(14-26)15-28-22-9-10-23-20(13-22)4-3-11-27-23/h3-11,13,15-17,28H,12H2,1-2H3/b21-15+. The van der Waals surface area contributed by atoms with Crippen molar-refractivity contribution in [1.29, 1.82) is 5.26 Å². The predicted octanol–water partition coefficient (Wildman–Crippen LogP) is 6.53. The molecule has 2 heterocycles. The Hall–Kier alpha value is -3.49. The number of anilines is 1.